The van der Waals surface area contributed by atoms with Gasteiger partial charge in [-0.2, -0.15) is 0 Å². The molecule has 0 unspecified atom stereocenters. The van der Waals surface area contributed by atoms with E-state index in [2.05, 4.69) is 5.32 Å². The molecule has 2 aliphatic carbocycles. The van der Waals surface area contributed by atoms with Crippen molar-refractivity contribution in [1.29, 1.82) is 0 Å². The summed E-state index contributed by atoms with van der Waals surface area (Å²) in [6.45, 7) is 1.57. The fraction of sp³-hybridized carbons (Fsp3) is 0.400. The lowest BCUT2D eigenvalue weighted by atomic mass is 9.75. The van der Waals surface area contributed by atoms with Crippen molar-refractivity contribution in [3.05, 3.63) is 71.8 Å². The van der Waals surface area contributed by atoms with E-state index in [0.29, 0.717) is 5.56 Å². The Kier molecular flexibility index (Phi) is 5.98. The zero-order valence-electron chi connectivity index (χ0n) is 17.1. The number of ether oxygens (including phenoxy) is 1. The Bertz CT molecular complexity index is 911. The van der Waals surface area contributed by atoms with E-state index in [-0.39, 0.29) is 42.1 Å². The number of hydrogen-bond acceptors (Lipinski definition) is 4. The first-order valence-corrected chi connectivity index (χ1v) is 10.6. The van der Waals surface area contributed by atoms with Crippen LogP contribution >= 0.6 is 0 Å². The molecule has 0 saturated heterocycles. The second-order valence-electron chi connectivity index (χ2n) is 8.42. The van der Waals surface area contributed by atoms with Crippen LogP contribution in [0.2, 0.25) is 0 Å². The molecule has 0 spiro atoms. The smallest absolute Gasteiger partial charge is 0.310 e. The minimum absolute atomic E-state index is 0.0203. The maximum atomic E-state index is 13.1. The Morgan fingerprint density at radius 2 is 1.53 bits per heavy atom. The van der Waals surface area contributed by atoms with E-state index in [0.717, 1.165) is 24.8 Å². The zero-order chi connectivity index (χ0) is 21.1. The lowest BCUT2D eigenvalue weighted by molar-refractivity contribution is -0.155. The van der Waals surface area contributed by atoms with Crippen molar-refractivity contribution in [1.82, 2.24) is 5.32 Å². The Balaban J connectivity index is 1.37. The molecule has 0 aliphatic heterocycles. The highest BCUT2D eigenvalue weighted by molar-refractivity contribution is 6.01. The highest BCUT2D eigenvalue weighted by atomic mass is 16.5. The molecule has 2 aliphatic rings. The minimum Gasteiger partial charge on any atom is -0.455 e. The quantitative estimate of drug-likeness (QED) is 0.559. The van der Waals surface area contributed by atoms with E-state index in [9.17, 15) is 14.4 Å². The predicted molar refractivity (Wildman–Crippen MR) is 113 cm³/mol. The Labute approximate surface area is 176 Å². The van der Waals surface area contributed by atoms with Gasteiger partial charge >= 0.3 is 5.97 Å². The standard InChI is InChI=1S/C25H27NO4/c1-16(17-8-4-2-5-9-17)26-21(27)15-30-25(29)23-20-13-12-19(14-20)22(23)24(28)18-10-6-3-7-11-18/h2-11,16,19-20,22-23H,12-15H2,1H3,(H,26,27)/t16-,19-,20-,22+,23+/m0/s1. The average molecular weight is 405 g/mol. The minimum atomic E-state index is -0.448. The van der Waals surface area contributed by atoms with Crippen molar-refractivity contribution >= 4 is 17.7 Å². The summed E-state index contributed by atoms with van der Waals surface area (Å²) in [5.74, 6) is -1.13. The van der Waals surface area contributed by atoms with Crippen LogP contribution in [0.3, 0.4) is 0 Å². The van der Waals surface area contributed by atoms with E-state index < -0.39 is 11.9 Å². The van der Waals surface area contributed by atoms with Gasteiger partial charge in [0.15, 0.2) is 12.4 Å². The number of rotatable bonds is 7. The topological polar surface area (TPSA) is 72.5 Å². The predicted octanol–water partition coefficient (Wildman–Crippen LogP) is 3.95. The molecule has 4 rings (SSSR count). The monoisotopic (exact) mass is 405 g/mol. The number of amides is 1. The van der Waals surface area contributed by atoms with E-state index in [1.165, 1.54) is 0 Å². The molecule has 2 aromatic rings. The van der Waals surface area contributed by atoms with Gasteiger partial charge in [0.25, 0.3) is 5.91 Å². The summed E-state index contributed by atoms with van der Waals surface area (Å²) < 4.78 is 5.39. The van der Waals surface area contributed by atoms with Crippen molar-refractivity contribution in [3.8, 4) is 0 Å². The summed E-state index contributed by atoms with van der Waals surface area (Å²) in [5.41, 5.74) is 1.63. The molecule has 0 radical (unpaired) electrons. The molecule has 0 heterocycles. The highest BCUT2D eigenvalue weighted by Crippen LogP contribution is 2.53. The fourth-order valence-corrected chi connectivity index (χ4v) is 5.14. The summed E-state index contributed by atoms with van der Waals surface area (Å²) in [6.07, 6.45) is 2.81. The van der Waals surface area contributed by atoms with Gasteiger partial charge in [-0.15, -0.1) is 0 Å². The van der Waals surface area contributed by atoms with Crippen LogP contribution in [0, 0.1) is 23.7 Å². The molecule has 2 aromatic carbocycles. The van der Waals surface area contributed by atoms with Crippen LogP contribution in [0.15, 0.2) is 60.7 Å². The maximum absolute atomic E-state index is 13.1. The third-order valence-corrected chi connectivity index (χ3v) is 6.57. The fourth-order valence-electron chi connectivity index (χ4n) is 5.14. The molecule has 2 saturated carbocycles. The molecule has 5 heteroatoms. The molecule has 2 bridgehead atoms. The van der Waals surface area contributed by atoms with Crippen molar-refractivity contribution in [2.24, 2.45) is 23.7 Å². The van der Waals surface area contributed by atoms with Crippen LogP contribution in [-0.4, -0.2) is 24.3 Å². The first-order valence-electron chi connectivity index (χ1n) is 10.6. The number of esters is 1. The molecule has 30 heavy (non-hydrogen) atoms. The van der Waals surface area contributed by atoms with Gasteiger partial charge in [-0.3, -0.25) is 14.4 Å². The number of ketones is 1. The van der Waals surface area contributed by atoms with Crippen LogP contribution in [0.4, 0.5) is 0 Å². The zero-order valence-corrected chi connectivity index (χ0v) is 17.1. The van der Waals surface area contributed by atoms with E-state index in [1.54, 1.807) is 12.1 Å². The largest absolute Gasteiger partial charge is 0.455 e. The molecular weight excluding hydrogens is 378 g/mol. The summed E-state index contributed by atoms with van der Waals surface area (Å²) in [4.78, 5) is 38.3. The van der Waals surface area contributed by atoms with E-state index >= 15 is 0 Å². The molecule has 1 N–H and O–H groups in total. The summed E-state index contributed by atoms with van der Waals surface area (Å²) in [5, 5.41) is 2.85. The van der Waals surface area contributed by atoms with Crippen LogP contribution in [0.1, 0.15) is 48.1 Å². The van der Waals surface area contributed by atoms with Crippen LogP contribution < -0.4 is 5.32 Å². The van der Waals surface area contributed by atoms with Crippen molar-refractivity contribution in [2.75, 3.05) is 6.61 Å². The molecule has 2 fully saturated rings. The molecule has 5 nitrogen and oxygen atoms in total. The Morgan fingerprint density at radius 3 is 2.20 bits per heavy atom. The SMILES string of the molecule is C[C@H](NC(=O)COC(=O)[C@@H]1[C@H]2CC[C@@H](C2)[C@H]1C(=O)c1ccccc1)c1ccccc1. The third kappa shape index (κ3) is 4.16. The number of nitrogens with one attached hydrogen (secondary N) is 1. The lowest BCUT2D eigenvalue weighted by Crippen LogP contribution is -2.38. The van der Waals surface area contributed by atoms with Crippen molar-refractivity contribution in [3.63, 3.8) is 0 Å². The number of carbonyl (C=O) groups excluding carboxylic acids is 3. The first kappa shape index (κ1) is 20.3. The van der Waals surface area contributed by atoms with Gasteiger partial charge in [0, 0.05) is 11.5 Å². The molecule has 5 atom stereocenters. The summed E-state index contributed by atoms with van der Waals surface area (Å²) >= 11 is 0. The molecule has 1 amide bonds. The number of carbonyl (C=O) groups is 3. The summed E-state index contributed by atoms with van der Waals surface area (Å²) in [6, 6.07) is 18.6. The van der Waals surface area contributed by atoms with Gasteiger partial charge in [0.05, 0.1) is 12.0 Å². The van der Waals surface area contributed by atoms with Gasteiger partial charge in [0.2, 0.25) is 0 Å². The number of Topliss-reactive ketones (excluding diaryl/α,β-unsaturated/α-hetero) is 1. The Morgan fingerprint density at radius 1 is 0.933 bits per heavy atom. The van der Waals surface area contributed by atoms with Crippen LogP contribution in [0.5, 0.6) is 0 Å². The third-order valence-electron chi connectivity index (χ3n) is 6.57. The van der Waals surface area contributed by atoms with E-state index in [1.807, 2.05) is 55.5 Å². The van der Waals surface area contributed by atoms with E-state index in [4.69, 9.17) is 4.74 Å². The maximum Gasteiger partial charge on any atom is 0.310 e. The van der Waals surface area contributed by atoms with Crippen molar-refractivity contribution in [2.45, 2.75) is 32.2 Å². The van der Waals surface area contributed by atoms with Crippen LogP contribution in [-0.2, 0) is 14.3 Å². The average Bonchev–Trinajstić information content (AvgIpc) is 3.40. The van der Waals surface area contributed by atoms with Gasteiger partial charge in [-0.1, -0.05) is 60.7 Å². The number of hydrogen-bond donors (Lipinski definition) is 1. The highest BCUT2D eigenvalue weighted by Gasteiger charge is 2.54. The van der Waals surface area contributed by atoms with Gasteiger partial charge < -0.3 is 10.1 Å². The molecular formula is C25H27NO4. The van der Waals surface area contributed by atoms with Gasteiger partial charge in [-0.05, 0) is 43.6 Å². The number of benzene rings is 2. The van der Waals surface area contributed by atoms with Gasteiger partial charge in [0.1, 0.15) is 0 Å². The summed E-state index contributed by atoms with van der Waals surface area (Å²) in [7, 11) is 0. The second kappa shape index (κ2) is 8.82. The number of fused-ring (bicyclic) bond motifs is 2. The van der Waals surface area contributed by atoms with Crippen molar-refractivity contribution < 1.29 is 19.1 Å². The molecule has 156 valence electrons. The first-order chi connectivity index (χ1) is 14.5. The lowest BCUT2D eigenvalue weighted by Gasteiger charge is -2.28. The van der Waals surface area contributed by atoms with Crippen LogP contribution in [0.25, 0.3) is 0 Å². The normalized spacial score (nSPS) is 25.5. The second-order valence-corrected chi connectivity index (χ2v) is 8.42. The van der Waals surface area contributed by atoms with Gasteiger partial charge in [-0.25, -0.2) is 0 Å². The molecule has 0 aromatic heterocycles. The Hall–Kier alpha value is -2.95.